The molecule has 0 radical (unpaired) electrons. The number of alkyl halides is 3. The molecule has 0 aliphatic carbocycles. The Morgan fingerprint density at radius 1 is 1.33 bits per heavy atom. The lowest BCUT2D eigenvalue weighted by Gasteiger charge is -2.17. The minimum absolute atomic E-state index is 0.404. The van der Waals surface area contributed by atoms with Crippen LogP contribution in [-0.4, -0.2) is 16.1 Å². The first kappa shape index (κ1) is 15.5. The average molecular weight is 301 g/mol. The van der Waals surface area contributed by atoms with Gasteiger partial charge in [-0.15, -0.1) is 0 Å². The second-order valence-corrected chi connectivity index (χ2v) is 4.69. The van der Waals surface area contributed by atoms with Gasteiger partial charge in [-0.1, -0.05) is 13.0 Å². The van der Waals surface area contributed by atoms with E-state index in [2.05, 4.69) is 10.3 Å². The van der Waals surface area contributed by atoms with E-state index in [4.69, 9.17) is 0 Å². The largest absolute Gasteiger partial charge is 0.419 e. The minimum atomic E-state index is -4.69. The van der Waals surface area contributed by atoms with Gasteiger partial charge in [0.15, 0.2) is 0 Å². The number of benzene rings is 1. The molecular formula is C14H15F4N3. The zero-order valence-corrected chi connectivity index (χ0v) is 11.6. The summed E-state index contributed by atoms with van der Waals surface area (Å²) in [6, 6.07) is 2.49. The van der Waals surface area contributed by atoms with Crippen LogP contribution in [0.2, 0.25) is 0 Å². The van der Waals surface area contributed by atoms with Gasteiger partial charge >= 0.3 is 6.18 Å². The Balaban J connectivity index is 2.40. The van der Waals surface area contributed by atoms with Crippen molar-refractivity contribution in [2.45, 2.75) is 19.1 Å². The van der Waals surface area contributed by atoms with E-state index in [-0.39, 0.29) is 0 Å². The highest BCUT2D eigenvalue weighted by molar-refractivity contribution is 5.32. The number of rotatable bonds is 4. The molecule has 1 aromatic heterocycles. The molecular weight excluding hydrogens is 286 g/mol. The number of hydrogen-bond acceptors (Lipinski definition) is 2. The molecule has 21 heavy (non-hydrogen) atoms. The summed E-state index contributed by atoms with van der Waals surface area (Å²) in [6.07, 6.45) is -1.37. The average Bonchev–Trinajstić information content (AvgIpc) is 2.80. The topological polar surface area (TPSA) is 29.9 Å². The number of nitrogens with one attached hydrogen (secondary N) is 1. The van der Waals surface area contributed by atoms with Gasteiger partial charge in [-0.2, -0.15) is 13.2 Å². The standard InChI is InChI=1S/C14H15F4N3/c1-3-19-13(12-7-21(2)8-20-12)9-4-5-10(11(15)6-9)14(16,17)18/h4-8,13,19H,3H2,1-2H3. The van der Waals surface area contributed by atoms with E-state index >= 15 is 0 Å². The van der Waals surface area contributed by atoms with Crippen molar-refractivity contribution in [1.29, 1.82) is 0 Å². The summed E-state index contributed by atoms with van der Waals surface area (Å²) in [5.41, 5.74) is -0.234. The van der Waals surface area contributed by atoms with Crippen molar-refractivity contribution >= 4 is 0 Å². The zero-order chi connectivity index (χ0) is 15.6. The normalized spacial score (nSPS) is 13.4. The Bertz CT molecular complexity index is 619. The van der Waals surface area contributed by atoms with Crippen molar-refractivity contribution in [3.8, 4) is 0 Å². The summed E-state index contributed by atoms with van der Waals surface area (Å²) in [5, 5.41) is 3.09. The number of aromatic nitrogens is 2. The van der Waals surface area contributed by atoms with Gasteiger partial charge in [0.1, 0.15) is 5.82 Å². The number of halogens is 4. The van der Waals surface area contributed by atoms with Gasteiger partial charge in [0, 0.05) is 13.2 Å². The Morgan fingerprint density at radius 3 is 2.52 bits per heavy atom. The number of imidazole rings is 1. The van der Waals surface area contributed by atoms with Crippen LogP contribution in [0.5, 0.6) is 0 Å². The fraction of sp³-hybridized carbons (Fsp3) is 0.357. The minimum Gasteiger partial charge on any atom is -0.340 e. The summed E-state index contributed by atoms with van der Waals surface area (Å²) in [5.74, 6) is -1.28. The molecule has 1 aromatic carbocycles. The molecule has 114 valence electrons. The SMILES string of the molecule is CCNC(c1ccc(C(F)(F)F)c(F)c1)c1cn(C)cn1. The molecule has 1 N–H and O–H groups in total. The maximum atomic E-state index is 13.7. The molecule has 0 saturated carbocycles. The molecule has 1 unspecified atom stereocenters. The molecule has 3 nitrogen and oxygen atoms in total. The highest BCUT2D eigenvalue weighted by atomic mass is 19.4. The van der Waals surface area contributed by atoms with Crippen molar-refractivity contribution in [2.24, 2.45) is 7.05 Å². The lowest BCUT2D eigenvalue weighted by molar-refractivity contribution is -0.140. The molecule has 2 aromatic rings. The Labute approximate surface area is 119 Å². The molecule has 0 aliphatic heterocycles. The molecule has 0 fully saturated rings. The molecule has 7 heteroatoms. The zero-order valence-electron chi connectivity index (χ0n) is 11.6. The molecule has 0 spiro atoms. The van der Waals surface area contributed by atoms with Crippen molar-refractivity contribution in [3.05, 3.63) is 53.4 Å². The first-order chi connectivity index (χ1) is 9.82. The summed E-state index contributed by atoms with van der Waals surface area (Å²) in [7, 11) is 1.78. The maximum Gasteiger partial charge on any atom is 0.419 e. The van der Waals surface area contributed by atoms with Crippen molar-refractivity contribution in [1.82, 2.24) is 14.9 Å². The molecule has 1 atom stereocenters. The fourth-order valence-electron chi connectivity index (χ4n) is 2.12. The van der Waals surface area contributed by atoms with E-state index in [1.54, 1.807) is 24.1 Å². The smallest absolute Gasteiger partial charge is 0.340 e. The van der Waals surface area contributed by atoms with Gasteiger partial charge in [0.2, 0.25) is 0 Å². The number of hydrogen-bond donors (Lipinski definition) is 1. The van der Waals surface area contributed by atoms with E-state index in [9.17, 15) is 17.6 Å². The molecule has 0 aliphatic rings. The van der Waals surface area contributed by atoms with Crippen LogP contribution in [0.4, 0.5) is 17.6 Å². The van der Waals surface area contributed by atoms with Crippen LogP contribution in [0.1, 0.15) is 29.8 Å². The number of aryl methyl sites for hydroxylation is 1. The van der Waals surface area contributed by atoms with Crippen LogP contribution in [0.25, 0.3) is 0 Å². The molecule has 2 rings (SSSR count). The van der Waals surface area contributed by atoms with Crippen LogP contribution >= 0.6 is 0 Å². The lowest BCUT2D eigenvalue weighted by Crippen LogP contribution is -2.23. The first-order valence-corrected chi connectivity index (χ1v) is 6.40. The van der Waals surface area contributed by atoms with Gasteiger partial charge in [-0.05, 0) is 24.2 Å². The molecule has 0 amide bonds. The third-order valence-electron chi connectivity index (χ3n) is 3.06. The Kier molecular flexibility index (Phi) is 4.32. The summed E-state index contributed by atoms with van der Waals surface area (Å²) < 4.78 is 53.2. The van der Waals surface area contributed by atoms with Crippen LogP contribution in [0.15, 0.2) is 30.7 Å². The Morgan fingerprint density at radius 2 is 2.05 bits per heavy atom. The van der Waals surface area contributed by atoms with Crippen molar-refractivity contribution < 1.29 is 17.6 Å². The predicted octanol–water partition coefficient (Wildman–Crippen LogP) is 3.28. The molecule has 0 bridgehead atoms. The number of nitrogens with zero attached hydrogens (tertiary/aromatic N) is 2. The van der Waals surface area contributed by atoms with Gasteiger partial charge < -0.3 is 9.88 Å². The van der Waals surface area contributed by atoms with Crippen LogP contribution in [0, 0.1) is 5.82 Å². The summed E-state index contributed by atoms with van der Waals surface area (Å²) in [4.78, 5) is 4.17. The van der Waals surface area contributed by atoms with Crippen molar-refractivity contribution in [2.75, 3.05) is 6.54 Å². The van der Waals surface area contributed by atoms with E-state index < -0.39 is 23.6 Å². The van der Waals surface area contributed by atoms with E-state index in [1.807, 2.05) is 6.92 Å². The van der Waals surface area contributed by atoms with Crippen LogP contribution in [0.3, 0.4) is 0 Å². The van der Waals surface area contributed by atoms with E-state index in [0.29, 0.717) is 17.8 Å². The van der Waals surface area contributed by atoms with Gasteiger partial charge in [-0.3, -0.25) is 0 Å². The summed E-state index contributed by atoms with van der Waals surface area (Å²) >= 11 is 0. The van der Waals surface area contributed by atoms with Crippen LogP contribution < -0.4 is 5.32 Å². The van der Waals surface area contributed by atoms with Gasteiger partial charge in [-0.25, -0.2) is 9.37 Å². The van der Waals surface area contributed by atoms with Crippen molar-refractivity contribution in [3.63, 3.8) is 0 Å². The quantitative estimate of drug-likeness (QED) is 0.878. The van der Waals surface area contributed by atoms with E-state index in [1.165, 1.54) is 6.07 Å². The third-order valence-corrected chi connectivity index (χ3v) is 3.06. The van der Waals surface area contributed by atoms with Crippen LogP contribution in [-0.2, 0) is 13.2 Å². The monoisotopic (exact) mass is 301 g/mol. The summed E-state index contributed by atoms with van der Waals surface area (Å²) in [6.45, 7) is 2.43. The van der Waals surface area contributed by atoms with E-state index in [0.717, 1.165) is 12.1 Å². The highest BCUT2D eigenvalue weighted by Crippen LogP contribution is 2.33. The fourth-order valence-corrected chi connectivity index (χ4v) is 2.12. The highest BCUT2D eigenvalue weighted by Gasteiger charge is 2.34. The van der Waals surface area contributed by atoms with Gasteiger partial charge in [0.05, 0.1) is 23.6 Å². The lowest BCUT2D eigenvalue weighted by atomic mass is 10.0. The second-order valence-electron chi connectivity index (χ2n) is 4.69. The Hall–Kier alpha value is -1.89. The molecule has 1 heterocycles. The first-order valence-electron chi connectivity index (χ1n) is 6.40. The predicted molar refractivity (Wildman–Crippen MR) is 70.1 cm³/mol. The molecule has 0 saturated heterocycles. The maximum absolute atomic E-state index is 13.7. The third kappa shape index (κ3) is 3.41. The van der Waals surface area contributed by atoms with Gasteiger partial charge in [0.25, 0.3) is 0 Å². The second kappa shape index (κ2) is 5.85.